The van der Waals surface area contributed by atoms with Crippen molar-refractivity contribution in [2.24, 2.45) is 11.8 Å². The number of ketones is 1. The summed E-state index contributed by atoms with van der Waals surface area (Å²) in [7, 11) is 1.45. The molecule has 1 unspecified atom stereocenters. The van der Waals surface area contributed by atoms with E-state index >= 15 is 0 Å². The van der Waals surface area contributed by atoms with Gasteiger partial charge in [-0.1, -0.05) is 13.8 Å². The molecule has 0 aromatic rings. The van der Waals surface area contributed by atoms with Crippen LogP contribution in [0.1, 0.15) is 33.6 Å². The molecular formula is C12H22O4. The average molecular weight is 230 g/mol. The van der Waals surface area contributed by atoms with Crippen molar-refractivity contribution in [1.29, 1.82) is 0 Å². The Morgan fingerprint density at radius 3 is 2.25 bits per heavy atom. The molecule has 4 nitrogen and oxygen atoms in total. The van der Waals surface area contributed by atoms with E-state index in [1.807, 2.05) is 0 Å². The number of ether oxygens (including phenoxy) is 2. The number of Topliss-reactive ketones (excluding diaryl/α,β-unsaturated/α-hetero) is 1. The summed E-state index contributed by atoms with van der Waals surface area (Å²) in [6, 6.07) is 0. The predicted octanol–water partition coefficient (Wildman–Crippen LogP) is 1.82. The van der Waals surface area contributed by atoms with E-state index in [4.69, 9.17) is 9.47 Å². The molecule has 0 aliphatic rings. The molecule has 94 valence electrons. The molecule has 1 atom stereocenters. The lowest BCUT2D eigenvalue weighted by molar-refractivity contribution is -0.152. The van der Waals surface area contributed by atoms with E-state index in [1.165, 1.54) is 7.11 Å². The summed E-state index contributed by atoms with van der Waals surface area (Å²) in [6.07, 6.45) is 1.37. The van der Waals surface area contributed by atoms with Gasteiger partial charge < -0.3 is 9.47 Å². The number of hydrogen-bond acceptors (Lipinski definition) is 4. The summed E-state index contributed by atoms with van der Waals surface area (Å²) in [5, 5.41) is 0. The van der Waals surface area contributed by atoms with Crippen molar-refractivity contribution < 1.29 is 19.1 Å². The van der Waals surface area contributed by atoms with Crippen LogP contribution in [0.25, 0.3) is 0 Å². The van der Waals surface area contributed by atoms with Gasteiger partial charge in [-0.05, 0) is 25.7 Å². The lowest BCUT2D eigenvalue weighted by atomic mass is 9.94. The molecule has 0 spiro atoms. The third kappa shape index (κ3) is 5.85. The van der Waals surface area contributed by atoms with Gasteiger partial charge in [-0.25, -0.2) is 0 Å². The minimum absolute atomic E-state index is 0.0262. The summed E-state index contributed by atoms with van der Waals surface area (Å²) in [5.74, 6) is -0.818. The third-order valence-electron chi connectivity index (χ3n) is 2.28. The number of carbonyl (C=O) groups excluding carboxylic acids is 2. The smallest absolute Gasteiger partial charge is 0.316 e. The van der Waals surface area contributed by atoms with Crippen LogP contribution in [-0.4, -0.2) is 32.1 Å². The fourth-order valence-electron chi connectivity index (χ4n) is 1.40. The first-order valence-corrected chi connectivity index (χ1v) is 5.71. The quantitative estimate of drug-likeness (QED) is 0.471. The molecule has 0 N–H and O–H groups in total. The lowest BCUT2D eigenvalue weighted by Crippen LogP contribution is -2.29. The minimum Gasteiger partial charge on any atom is -0.465 e. The number of carbonyl (C=O) groups is 2. The van der Waals surface area contributed by atoms with Crippen LogP contribution in [0.5, 0.6) is 0 Å². The number of methoxy groups -OCH3 is 1. The van der Waals surface area contributed by atoms with Gasteiger partial charge in [-0.15, -0.1) is 0 Å². The van der Waals surface area contributed by atoms with Crippen molar-refractivity contribution in [3.63, 3.8) is 0 Å². The van der Waals surface area contributed by atoms with Crippen molar-refractivity contribution in [3.8, 4) is 0 Å². The van der Waals surface area contributed by atoms with E-state index in [0.29, 0.717) is 18.9 Å². The van der Waals surface area contributed by atoms with E-state index in [1.54, 1.807) is 6.92 Å². The Hall–Kier alpha value is -0.900. The van der Waals surface area contributed by atoms with E-state index < -0.39 is 11.9 Å². The summed E-state index contributed by atoms with van der Waals surface area (Å²) in [5.41, 5.74) is 0. The van der Waals surface area contributed by atoms with Gasteiger partial charge in [0.05, 0.1) is 6.61 Å². The number of rotatable bonds is 8. The van der Waals surface area contributed by atoms with Gasteiger partial charge in [0, 0.05) is 7.11 Å². The highest BCUT2D eigenvalue weighted by Crippen LogP contribution is 2.15. The second-order valence-electron chi connectivity index (χ2n) is 4.18. The first-order valence-electron chi connectivity index (χ1n) is 5.71. The second kappa shape index (κ2) is 8.28. The van der Waals surface area contributed by atoms with E-state index in [-0.39, 0.29) is 12.4 Å². The van der Waals surface area contributed by atoms with Crippen LogP contribution < -0.4 is 0 Å². The highest BCUT2D eigenvalue weighted by molar-refractivity contribution is 5.99. The SMILES string of the molecule is CCOC(=O)C(CCC(C)C)C(=O)COC. The van der Waals surface area contributed by atoms with Gasteiger partial charge in [-0.3, -0.25) is 9.59 Å². The van der Waals surface area contributed by atoms with Crippen LogP contribution >= 0.6 is 0 Å². The standard InChI is InChI=1S/C12H22O4/c1-5-16-12(14)10(7-6-9(2)3)11(13)8-15-4/h9-10H,5-8H2,1-4H3. The fourth-order valence-corrected chi connectivity index (χ4v) is 1.40. The monoisotopic (exact) mass is 230 g/mol. The second-order valence-corrected chi connectivity index (χ2v) is 4.18. The van der Waals surface area contributed by atoms with Crippen molar-refractivity contribution in [2.45, 2.75) is 33.6 Å². The topological polar surface area (TPSA) is 52.6 Å². The molecule has 0 aliphatic heterocycles. The summed E-state index contributed by atoms with van der Waals surface area (Å²) in [6.45, 7) is 6.13. The molecule has 0 amide bonds. The van der Waals surface area contributed by atoms with E-state index in [9.17, 15) is 9.59 Å². The zero-order valence-electron chi connectivity index (χ0n) is 10.6. The van der Waals surface area contributed by atoms with Gasteiger partial charge in [0.15, 0.2) is 5.78 Å². The molecule has 0 aromatic heterocycles. The molecule has 0 heterocycles. The Balaban J connectivity index is 4.37. The maximum atomic E-state index is 11.6. The third-order valence-corrected chi connectivity index (χ3v) is 2.28. The van der Waals surface area contributed by atoms with Crippen molar-refractivity contribution >= 4 is 11.8 Å². The van der Waals surface area contributed by atoms with Crippen LogP contribution in [0.4, 0.5) is 0 Å². The summed E-state index contributed by atoms with van der Waals surface area (Å²) in [4.78, 5) is 23.2. The van der Waals surface area contributed by atoms with Crippen molar-refractivity contribution in [2.75, 3.05) is 20.3 Å². The van der Waals surface area contributed by atoms with Gasteiger partial charge in [-0.2, -0.15) is 0 Å². The summed E-state index contributed by atoms with van der Waals surface area (Å²) >= 11 is 0. The maximum absolute atomic E-state index is 11.6. The zero-order valence-corrected chi connectivity index (χ0v) is 10.6. The molecule has 0 aliphatic carbocycles. The molecule has 0 bridgehead atoms. The van der Waals surface area contributed by atoms with Crippen LogP contribution in [0.2, 0.25) is 0 Å². The molecule has 16 heavy (non-hydrogen) atoms. The maximum Gasteiger partial charge on any atom is 0.316 e. The number of hydrogen-bond donors (Lipinski definition) is 0. The van der Waals surface area contributed by atoms with Gasteiger partial charge >= 0.3 is 5.97 Å². The Labute approximate surface area is 97.3 Å². The minimum atomic E-state index is -0.665. The fraction of sp³-hybridized carbons (Fsp3) is 0.833. The van der Waals surface area contributed by atoms with Crippen molar-refractivity contribution in [1.82, 2.24) is 0 Å². The highest BCUT2D eigenvalue weighted by Gasteiger charge is 2.27. The molecule has 0 rings (SSSR count). The lowest BCUT2D eigenvalue weighted by Gasteiger charge is -2.15. The van der Waals surface area contributed by atoms with Gasteiger partial charge in [0.25, 0.3) is 0 Å². The Morgan fingerprint density at radius 1 is 1.19 bits per heavy atom. The highest BCUT2D eigenvalue weighted by atomic mass is 16.5. The Morgan fingerprint density at radius 2 is 1.81 bits per heavy atom. The van der Waals surface area contributed by atoms with Crippen LogP contribution in [0.15, 0.2) is 0 Å². The first kappa shape index (κ1) is 15.1. The normalized spacial score (nSPS) is 12.6. The predicted molar refractivity (Wildman–Crippen MR) is 61.1 cm³/mol. The molecule has 4 heteroatoms. The van der Waals surface area contributed by atoms with Crippen LogP contribution in [0, 0.1) is 11.8 Å². The van der Waals surface area contributed by atoms with Crippen molar-refractivity contribution in [3.05, 3.63) is 0 Å². The first-order chi connectivity index (χ1) is 7.52. The number of esters is 1. The average Bonchev–Trinajstić information content (AvgIpc) is 2.18. The van der Waals surface area contributed by atoms with Gasteiger partial charge in [0.1, 0.15) is 12.5 Å². The van der Waals surface area contributed by atoms with E-state index in [2.05, 4.69) is 13.8 Å². The summed E-state index contributed by atoms with van der Waals surface area (Å²) < 4.78 is 9.65. The largest absolute Gasteiger partial charge is 0.465 e. The van der Waals surface area contributed by atoms with Crippen LogP contribution in [0.3, 0.4) is 0 Å². The molecule has 0 radical (unpaired) electrons. The van der Waals surface area contributed by atoms with E-state index in [0.717, 1.165) is 6.42 Å². The molecular weight excluding hydrogens is 208 g/mol. The van der Waals surface area contributed by atoms with Gasteiger partial charge in [0.2, 0.25) is 0 Å². The molecule has 0 aromatic carbocycles. The molecule has 0 saturated heterocycles. The zero-order chi connectivity index (χ0) is 12.6. The van der Waals surface area contributed by atoms with Crippen LogP contribution in [-0.2, 0) is 19.1 Å². The molecule has 0 saturated carbocycles. The molecule has 0 fully saturated rings. The Kier molecular flexibility index (Phi) is 7.81. The Bertz CT molecular complexity index is 205.